The number of carbonyl (C=O) groups is 1. The summed E-state index contributed by atoms with van der Waals surface area (Å²) in [5, 5.41) is 1.63. The molecule has 0 aliphatic carbocycles. The van der Waals surface area contributed by atoms with Crippen molar-refractivity contribution in [2.75, 3.05) is 6.61 Å². The van der Waals surface area contributed by atoms with Gasteiger partial charge < -0.3 is 13.7 Å². The van der Waals surface area contributed by atoms with Crippen LogP contribution < -0.4 is 4.74 Å². The fourth-order valence-corrected chi connectivity index (χ4v) is 4.28. The molecule has 0 aliphatic heterocycles. The molecule has 0 saturated carbocycles. The average Bonchev–Trinajstić information content (AvgIpc) is 3.45. The van der Waals surface area contributed by atoms with Crippen molar-refractivity contribution in [3.05, 3.63) is 100 Å². The molecule has 0 fully saturated rings. The summed E-state index contributed by atoms with van der Waals surface area (Å²) in [6.45, 7) is 2.87. The number of ketones is 1. The first-order valence-corrected chi connectivity index (χ1v) is 11.4. The molecule has 3 heterocycles. The first-order valence-electron chi connectivity index (χ1n) is 10.7. The van der Waals surface area contributed by atoms with Gasteiger partial charge in [0.1, 0.15) is 16.6 Å². The number of fused-ring (bicyclic) bond motifs is 1. The summed E-state index contributed by atoms with van der Waals surface area (Å²) >= 11 is 12.9. The fourth-order valence-electron chi connectivity index (χ4n) is 3.81. The van der Waals surface area contributed by atoms with E-state index >= 15 is 0 Å². The first-order chi connectivity index (χ1) is 16.5. The Hall–Kier alpha value is -3.61. The number of hydrogen-bond acceptors (Lipinski definition) is 5. The summed E-state index contributed by atoms with van der Waals surface area (Å²) in [6, 6.07) is 18.5. The smallest absolute Gasteiger partial charge is 0.245 e. The van der Waals surface area contributed by atoms with E-state index in [1.54, 1.807) is 18.3 Å². The van der Waals surface area contributed by atoms with Gasteiger partial charge in [-0.05, 0) is 55.0 Å². The molecular weight excluding hydrogens is 473 g/mol. The Bertz CT molecular complexity index is 1480. The number of oxazole rings is 1. The molecule has 0 radical (unpaired) electrons. The summed E-state index contributed by atoms with van der Waals surface area (Å²) in [5.74, 6) is 0.624. The van der Waals surface area contributed by atoms with Crippen molar-refractivity contribution in [3.8, 4) is 17.3 Å². The van der Waals surface area contributed by atoms with E-state index in [-0.39, 0.29) is 17.4 Å². The van der Waals surface area contributed by atoms with Crippen molar-refractivity contribution >= 4 is 39.9 Å². The van der Waals surface area contributed by atoms with Crippen LogP contribution in [0, 0.1) is 0 Å². The van der Waals surface area contributed by atoms with Crippen LogP contribution in [0.5, 0.6) is 5.75 Å². The highest BCUT2D eigenvalue weighted by atomic mass is 35.5. The van der Waals surface area contributed by atoms with Crippen molar-refractivity contribution in [2.24, 2.45) is 0 Å². The van der Waals surface area contributed by atoms with Gasteiger partial charge in [-0.15, -0.1) is 0 Å². The molecule has 6 nitrogen and oxygen atoms in total. The molecule has 5 rings (SSSR count). The van der Waals surface area contributed by atoms with Gasteiger partial charge in [-0.25, -0.2) is 4.98 Å². The Labute approximate surface area is 205 Å². The Kier molecular flexibility index (Phi) is 6.09. The quantitative estimate of drug-likeness (QED) is 0.237. The van der Waals surface area contributed by atoms with Crippen LogP contribution in [0.4, 0.5) is 0 Å². The van der Waals surface area contributed by atoms with E-state index in [2.05, 4.69) is 9.97 Å². The van der Waals surface area contributed by atoms with Gasteiger partial charge in [-0.3, -0.25) is 9.78 Å². The monoisotopic (exact) mass is 491 g/mol. The molecule has 5 aromatic rings. The molecule has 170 valence electrons. The lowest BCUT2D eigenvalue weighted by Crippen LogP contribution is -2.03. The maximum absolute atomic E-state index is 13.6. The lowest BCUT2D eigenvalue weighted by molar-refractivity contribution is 0.101. The molecule has 8 heteroatoms. The number of nitrogens with zero attached hydrogens (tertiary/aromatic N) is 3. The van der Waals surface area contributed by atoms with Gasteiger partial charge in [-0.1, -0.05) is 41.4 Å². The van der Waals surface area contributed by atoms with Crippen molar-refractivity contribution < 1.29 is 13.9 Å². The van der Waals surface area contributed by atoms with E-state index in [1.807, 2.05) is 60.0 Å². The lowest BCUT2D eigenvalue weighted by Gasteiger charge is -2.08. The topological polar surface area (TPSA) is 70.2 Å². The predicted octanol–water partition coefficient (Wildman–Crippen LogP) is 6.68. The standard InChI is InChI=1S/C26H19Cl2N3O3/c1-2-33-18-10-11-21-19(13-18)23(25(28)31(21)15-16-6-8-17(27)9-7-16)24(32)22-14-30-26(34-22)20-5-3-4-12-29-20/h3-14H,2,15H2,1H3. The molecule has 0 N–H and O–H groups in total. The molecule has 34 heavy (non-hydrogen) atoms. The lowest BCUT2D eigenvalue weighted by atomic mass is 10.1. The molecule has 3 aromatic heterocycles. The summed E-state index contributed by atoms with van der Waals surface area (Å²) in [5.41, 5.74) is 2.66. The van der Waals surface area contributed by atoms with Gasteiger partial charge in [0.25, 0.3) is 0 Å². The van der Waals surface area contributed by atoms with Crippen LogP contribution in [0.25, 0.3) is 22.5 Å². The second-order valence-electron chi connectivity index (χ2n) is 7.56. The van der Waals surface area contributed by atoms with Crippen LogP contribution in [0.2, 0.25) is 10.2 Å². The van der Waals surface area contributed by atoms with E-state index in [1.165, 1.54) is 6.20 Å². The summed E-state index contributed by atoms with van der Waals surface area (Å²) < 4.78 is 13.3. The zero-order valence-corrected chi connectivity index (χ0v) is 19.7. The van der Waals surface area contributed by atoms with Crippen molar-refractivity contribution in [1.29, 1.82) is 0 Å². The summed E-state index contributed by atoms with van der Waals surface area (Å²) in [4.78, 5) is 22.1. The van der Waals surface area contributed by atoms with Crippen LogP contribution in [0.3, 0.4) is 0 Å². The number of hydrogen-bond donors (Lipinski definition) is 0. The van der Waals surface area contributed by atoms with Gasteiger partial charge in [0.2, 0.25) is 11.7 Å². The zero-order valence-electron chi connectivity index (χ0n) is 18.2. The van der Waals surface area contributed by atoms with Gasteiger partial charge >= 0.3 is 0 Å². The molecule has 0 saturated heterocycles. The van der Waals surface area contributed by atoms with Crippen LogP contribution in [-0.4, -0.2) is 26.9 Å². The van der Waals surface area contributed by atoms with E-state index < -0.39 is 0 Å². The van der Waals surface area contributed by atoms with Crippen LogP contribution in [0.15, 0.2) is 77.5 Å². The highest BCUT2D eigenvalue weighted by molar-refractivity contribution is 6.37. The van der Waals surface area contributed by atoms with E-state index in [0.717, 1.165) is 11.1 Å². The summed E-state index contributed by atoms with van der Waals surface area (Å²) in [7, 11) is 0. The SMILES string of the molecule is CCOc1ccc2c(c1)c(C(=O)c1cnc(-c3ccccn3)o1)c(Cl)n2Cc1ccc(Cl)cc1. The van der Waals surface area contributed by atoms with Crippen LogP contribution >= 0.6 is 23.2 Å². The third-order valence-corrected chi connectivity index (χ3v) is 6.02. The normalized spacial score (nSPS) is 11.1. The fraction of sp³-hybridized carbons (Fsp3) is 0.115. The van der Waals surface area contributed by atoms with Crippen molar-refractivity contribution in [3.63, 3.8) is 0 Å². The average molecular weight is 492 g/mol. The zero-order chi connectivity index (χ0) is 23.7. The molecule has 0 atom stereocenters. The molecule has 0 spiro atoms. The predicted molar refractivity (Wildman–Crippen MR) is 132 cm³/mol. The number of rotatable bonds is 7. The third-order valence-electron chi connectivity index (χ3n) is 5.38. The number of halogens is 2. The maximum atomic E-state index is 13.6. The Balaban J connectivity index is 1.61. The third kappa shape index (κ3) is 4.18. The number of aromatic nitrogens is 3. The molecule has 0 unspecified atom stereocenters. The van der Waals surface area contributed by atoms with Gasteiger partial charge in [-0.2, -0.15) is 0 Å². The number of benzene rings is 2. The Morgan fingerprint density at radius 3 is 2.62 bits per heavy atom. The number of pyridine rings is 1. The highest BCUT2D eigenvalue weighted by Crippen LogP contribution is 2.35. The van der Waals surface area contributed by atoms with Crippen LogP contribution in [0.1, 0.15) is 28.6 Å². The second kappa shape index (κ2) is 9.33. The first kappa shape index (κ1) is 22.2. The van der Waals surface area contributed by atoms with Crippen LogP contribution in [-0.2, 0) is 6.54 Å². The minimum Gasteiger partial charge on any atom is -0.494 e. The second-order valence-corrected chi connectivity index (χ2v) is 8.36. The van der Waals surface area contributed by atoms with Gasteiger partial charge in [0, 0.05) is 23.2 Å². The van der Waals surface area contributed by atoms with Crippen molar-refractivity contribution in [2.45, 2.75) is 13.5 Å². The number of ether oxygens (including phenoxy) is 1. The van der Waals surface area contributed by atoms with Gasteiger partial charge in [0.05, 0.1) is 23.9 Å². The number of carbonyl (C=O) groups excluding carboxylic acids is 1. The molecular formula is C26H19Cl2N3O3. The minimum atomic E-state index is -0.367. The van der Waals surface area contributed by atoms with E-state index in [0.29, 0.717) is 45.7 Å². The highest BCUT2D eigenvalue weighted by Gasteiger charge is 2.26. The Morgan fingerprint density at radius 1 is 1.06 bits per heavy atom. The molecule has 2 aromatic carbocycles. The minimum absolute atomic E-state index is 0.0786. The largest absolute Gasteiger partial charge is 0.494 e. The summed E-state index contributed by atoms with van der Waals surface area (Å²) in [6.07, 6.45) is 3.04. The van der Waals surface area contributed by atoms with Gasteiger partial charge in [0.15, 0.2) is 5.76 Å². The van der Waals surface area contributed by atoms with Crippen molar-refractivity contribution in [1.82, 2.24) is 14.5 Å². The van der Waals surface area contributed by atoms with E-state index in [9.17, 15) is 4.79 Å². The molecule has 0 aliphatic rings. The molecule has 0 bridgehead atoms. The maximum Gasteiger partial charge on any atom is 0.245 e. The molecule has 0 amide bonds. The Morgan fingerprint density at radius 2 is 1.88 bits per heavy atom. The van der Waals surface area contributed by atoms with E-state index in [4.69, 9.17) is 32.4 Å².